The summed E-state index contributed by atoms with van der Waals surface area (Å²) in [5.74, 6) is 0.681. The molecule has 1 atom stereocenters. The van der Waals surface area contributed by atoms with E-state index in [9.17, 15) is 4.79 Å². The zero-order chi connectivity index (χ0) is 21.5. The van der Waals surface area contributed by atoms with Crippen LogP contribution in [0.4, 0.5) is 5.69 Å². The van der Waals surface area contributed by atoms with Gasteiger partial charge in [0.25, 0.3) is 11.7 Å². The SMILES string of the molecule is CC1=C(C(N)=O)OC(C)N1c1cccc(-c2nc3ncc(-c4ccccc4)cn3n2)c1. The van der Waals surface area contributed by atoms with Crippen LogP contribution in [0.5, 0.6) is 0 Å². The lowest BCUT2D eigenvalue weighted by Gasteiger charge is -2.23. The topological polar surface area (TPSA) is 98.6 Å². The number of primary amides is 1. The number of hydrogen-bond donors (Lipinski definition) is 1. The van der Waals surface area contributed by atoms with Gasteiger partial charge in [-0.2, -0.15) is 4.98 Å². The third kappa shape index (κ3) is 3.28. The number of anilines is 1. The lowest BCUT2D eigenvalue weighted by molar-refractivity contribution is -0.118. The van der Waals surface area contributed by atoms with Crippen LogP contribution in [0, 0.1) is 0 Å². The summed E-state index contributed by atoms with van der Waals surface area (Å²) in [6.45, 7) is 3.68. The molecule has 4 aromatic rings. The number of ether oxygens (including phenoxy) is 1. The molecule has 0 radical (unpaired) electrons. The molecule has 1 aliphatic heterocycles. The largest absolute Gasteiger partial charge is 0.463 e. The normalized spacial score (nSPS) is 16.1. The van der Waals surface area contributed by atoms with Gasteiger partial charge in [0.2, 0.25) is 5.76 Å². The van der Waals surface area contributed by atoms with Crippen molar-refractivity contribution < 1.29 is 9.53 Å². The number of carbonyl (C=O) groups excluding carboxylic acids is 1. The summed E-state index contributed by atoms with van der Waals surface area (Å²) in [5.41, 5.74) is 9.81. The van der Waals surface area contributed by atoms with Gasteiger partial charge in [0.05, 0.1) is 5.70 Å². The minimum atomic E-state index is -0.578. The lowest BCUT2D eigenvalue weighted by Crippen LogP contribution is -2.27. The van der Waals surface area contributed by atoms with Crippen LogP contribution in [0.1, 0.15) is 13.8 Å². The van der Waals surface area contributed by atoms with E-state index in [4.69, 9.17) is 10.5 Å². The van der Waals surface area contributed by atoms with Crippen LogP contribution in [0.3, 0.4) is 0 Å². The lowest BCUT2D eigenvalue weighted by atomic mass is 10.1. The van der Waals surface area contributed by atoms with Gasteiger partial charge in [0.1, 0.15) is 0 Å². The van der Waals surface area contributed by atoms with Crippen molar-refractivity contribution in [3.05, 3.63) is 78.4 Å². The quantitative estimate of drug-likeness (QED) is 0.552. The van der Waals surface area contributed by atoms with Crippen molar-refractivity contribution in [3.63, 3.8) is 0 Å². The van der Waals surface area contributed by atoms with Crippen molar-refractivity contribution in [2.24, 2.45) is 5.73 Å². The maximum atomic E-state index is 11.6. The fourth-order valence-electron chi connectivity index (χ4n) is 3.81. The molecule has 0 saturated heterocycles. The Morgan fingerprint density at radius 2 is 1.84 bits per heavy atom. The molecule has 154 valence electrons. The molecule has 0 fully saturated rings. The van der Waals surface area contributed by atoms with Gasteiger partial charge >= 0.3 is 0 Å². The summed E-state index contributed by atoms with van der Waals surface area (Å²) in [6, 6.07) is 17.8. The molecule has 0 aliphatic carbocycles. The van der Waals surface area contributed by atoms with Crippen molar-refractivity contribution in [2.75, 3.05) is 4.90 Å². The first-order valence-corrected chi connectivity index (χ1v) is 9.86. The highest BCUT2D eigenvalue weighted by molar-refractivity contribution is 5.92. The molecule has 8 nitrogen and oxygen atoms in total. The number of fused-ring (bicyclic) bond motifs is 1. The molecule has 0 saturated carbocycles. The average molecular weight is 412 g/mol. The van der Waals surface area contributed by atoms with Crippen LogP contribution in [0.2, 0.25) is 0 Å². The van der Waals surface area contributed by atoms with Crippen LogP contribution in [-0.4, -0.2) is 31.7 Å². The Kier molecular flexibility index (Phi) is 4.39. The number of aromatic nitrogens is 4. The minimum Gasteiger partial charge on any atom is -0.463 e. The minimum absolute atomic E-state index is 0.182. The van der Waals surface area contributed by atoms with E-state index in [0.717, 1.165) is 22.4 Å². The second-order valence-corrected chi connectivity index (χ2v) is 7.30. The number of allylic oxidation sites excluding steroid dienone is 1. The molecular formula is C23H20N6O2. The third-order valence-electron chi connectivity index (χ3n) is 5.25. The number of carbonyl (C=O) groups is 1. The Balaban J connectivity index is 1.52. The standard InChI is InChI=1S/C23H20N6O2/c1-14-20(21(24)30)31-15(2)29(14)19-10-6-9-17(11-19)22-26-23-25-12-18(13-28(23)27-22)16-7-4-3-5-8-16/h3-13,15H,1-2H3,(H2,24,30). The van der Waals surface area contributed by atoms with Crippen molar-refractivity contribution in [2.45, 2.75) is 20.1 Å². The van der Waals surface area contributed by atoms with Crippen LogP contribution >= 0.6 is 0 Å². The van der Waals surface area contributed by atoms with E-state index >= 15 is 0 Å². The van der Waals surface area contributed by atoms with Crippen molar-refractivity contribution in [3.8, 4) is 22.5 Å². The van der Waals surface area contributed by atoms with Gasteiger partial charge in [-0.15, -0.1) is 5.10 Å². The highest BCUT2D eigenvalue weighted by atomic mass is 16.5. The summed E-state index contributed by atoms with van der Waals surface area (Å²) >= 11 is 0. The Hall–Kier alpha value is -4.20. The smallest absolute Gasteiger partial charge is 0.285 e. The van der Waals surface area contributed by atoms with E-state index in [2.05, 4.69) is 15.1 Å². The predicted octanol–water partition coefficient (Wildman–Crippen LogP) is 3.36. The number of rotatable bonds is 4. The summed E-state index contributed by atoms with van der Waals surface area (Å²) in [7, 11) is 0. The van der Waals surface area contributed by atoms with E-state index in [1.54, 1.807) is 10.7 Å². The average Bonchev–Trinajstić information content (AvgIpc) is 3.34. The molecule has 0 bridgehead atoms. The second-order valence-electron chi connectivity index (χ2n) is 7.30. The van der Waals surface area contributed by atoms with Crippen molar-refractivity contribution >= 4 is 17.4 Å². The molecule has 1 amide bonds. The Bertz CT molecular complexity index is 1330. The molecule has 31 heavy (non-hydrogen) atoms. The Morgan fingerprint density at radius 3 is 2.58 bits per heavy atom. The number of amides is 1. The highest BCUT2D eigenvalue weighted by Gasteiger charge is 2.31. The molecule has 2 aromatic heterocycles. The maximum absolute atomic E-state index is 11.6. The molecule has 2 N–H and O–H groups in total. The summed E-state index contributed by atoms with van der Waals surface area (Å²) in [6.07, 6.45) is 3.37. The van der Waals surface area contributed by atoms with Gasteiger partial charge in [-0.1, -0.05) is 42.5 Å². The van der Waals surface area contributed by atoms with Crippen LogP contribution < -0.4 is 10.6 Å². The van der Waals surface area contributed by atoms with Crippen LogP contribution in [0.25, 0.3) is 28.3 Å². The van der Waals surface area contributed by atoms with E-state index in [1.807, 2.05) is 79.5 Å². The number of nitrogens with two attached hydrogens (primary N) is 1. The molecule has 2 aromatic carbocycles. The third-order valence-corrected chi connectivity index (χ3v) is 5.25. The van der Waals surface area contributed by atoms with Crippen molar-refractivity contribution in [1.29, 1.82) is 0 Å². The number of benzene rings is 2. The van der Waals surface area contributed by atoms with Gasteiger partial charge in [0, 0.05) is 29.2 Å². The predicted molar refractivity (Wildman–Crippen MR) is 117 cm³/mol. The molecule has 3 heterocycles. The van der Waals surface area contributed by atoms with Crippen LogP contribution in [0.15, 0.2) is 78.4 Å². The number of nitrogens with zero attached hydrogens (tertiary/aromatic N) is 5. The zero-order valence-corrected chi connectivity index (χ0v) is 17.1. The monoisotopic (exact) mass is 412 g/mol. The van der Waals surface area contributed by atoms with Gasteiger partial charge in [0.15, 0.2) is 12.1 Å². The second kappa shape index (κ2) is 7.24. The molecule has 0 spiro atoms. The zero-order valence-electron chi connectivity index (χ0n) is 17.1. The van der Waals surface area contributed by atoms with Gasteiger partial charge in [-0.3, -0.25) is 4.79 Å². The molecule has 1 aliphatic rings. The summed E-state index contributed by atoms with van der Waals surface area (Å²) in [5, 5.41) is 4.63. The van der Waals surface area contributed by atoms with Crippen molar-refractivity contribution in [1.82, 2.24) is 19.6 Å². The van der Waals surface area contributed by atoms with E-state index in [1.165, 1.54) is 0 Å². The molecule has 5 rings (SSSR count). The van der Waals surface area contributed by atoms with Gasteiger partial charge in [-0.25, -0.2) is 9.50 Å². The molecule has 8 heteroatoms. The molecule has 1 unspecified atom stereocenters. The van der Waals surface area contributed by atoms with Gasteiger partial charge in [-0.05, 0) is 31.5 Å². The fraction of sp³-hybridized carbons (Fsp3) is 0.130. The summed E-state index contributed by atoms with van der Waals surface area (Å²) in [4.78, 5) is 22.6. The molecular weight excluding hydrogens is 392 g/mol. The summed E-state index contributed by atoms with van der Waals surface area (Å²) < 4.78 is 7.32. The fourth-order valence-corrected chi connectivity index (χ4v) is 3.81. The van der Waals surface area contributed by atoms with E-state index in [-0.39, 0.29) is 12.0 Å². The van der Waals surface area contributed by atoms with E-state index in [0.29, 0.717) is 17.3 Å². The van der Waals surface area contributed by atoms with E-state index < -0.39 is 5.91 Å². The maximum Gasteiger partial charge on any atom is 0.285 e. The first-order chi connectivity index (χ1) is 15.0. The first kappa shape index (κ1) is 18.8. The first-order valence-electron chi connectivity index (χ1n) is 9.86. The Morgan fingerprint density at radius 1 is 1.06 bits per heavy atom. The Labute approximate surface area is 178 Å². The number of hydrogen-bond acceptors (Lipinski definition) is 6. The van der Waals surface area contributed by atoms with Crippen LogP contribution in [-0.2, 0) is 9.53 Å². The van der Waals surface area contributed by atoms with Gasteiger partial charge < -0.3 is 15.4 Å². The highest BCUT2D eigenvalue weighted by Crippen LogP contribution is 2.33.